The molecule has 68 valence electrons. The molecule has 0 atom stereocenters. The molecule has 2 nitrogen and oxygen atoms in total. The fourth-order valence-corrected chi connectivity index (χ4v) is 1.77. The number of Topliss-reactive ketones (excluding diaryl/α,β-unsaturated/α-hetero) is 1. The molecule has 13 heavy (non-hydrogen) atoms. The van der Waals surface area contributed by atoms with Gasteiger partial charge in [-0.1, -0.05) is 17.7 Å². The van der Waals surface area contributed by atoms with Gasteiger partial charge in [-0.2, -0.15) is 0 Å². The smallest absolute Gasteiger partial charge is 0.163 e. The summed E-state index contributed by atoms with van der Waals surface area (Å²) in [4.78, 5) is 11.5. The molecule has 0 aliphatic heterocycles. The number of hydrogen-bond acceptors (Lipinski definition) is 2. The number of rotatable bonds is 1. The molecule has 0 aromatic rings. The predicted octanol–water partition coefficient (Wildman–Crippen LogP) is 2.14. The molecular weight excluding hydrogens is 164 g/mol. The van der Waals surface area contributed by atoms with E-state index in [-0.39, 0.29) is 5.78 Å². The number of hydrogen-bond donors (Lipinski definition) is 0. The number of fused-ring (bicyclic) bond motifs is 2. The van der Waals surface area contributed by atoms with Gasteiger partial charge >= 0.3 is 0 Å². The van der Waals surface area contributed by atoms with E-state index in [9.17, 15) is 4.79 Å². The molecule has 0 heterocycles. The molecule has 2 aliphatic rings. The summed E-state index contributed by atoms with van der Waals surface area (Å²) in [6.07, 6.45) is 8.22. The summed E-state index contributed by atoms with van der Waals surface area (Å²) >= 11 is 0. The summed E-state index contributed by atoms with van der Waals surface area (Å²) in [6, 6.07) is 0. The van der Waals surface area contributed by atoms with Crippen LogP contribution in [0.25, 0.3) is 0 Å². The number of carbonyl (C=O) groups excluding carboxylic acids is 1. The van der Waals surface area contributed by atoms with E-state index in [0.29, 0.717) is 6.42 Å². The lowest BCUT2D eigenvalue weighted by atomic mass is 9.89. The number of ketones is 1. The van der Waals surface area contributed by atoms with E-state index < -0.39 is 0 Å². The SMILES string of the molecule is COC1=C2CC(=CC=C1)CCC2=O. The zero-order valence-electron chi connectivity index (χ0n) is 7.67. The van der Waals surface area contributed by atoms with Crippen LogP contribution in [0.3, 0.4) is 0 Å². The van der Waals surface area contributed by atoms with Gasteiger partial charge in [0.1, 0.15) is 5.76 Å². The Balaban J connectivity index is 2.44. The molecule has 1 fully saturated rings. The van der Waals surface area contributed by atoms with Gasteiger partial charge in [-0.15, -0.1) is 0 Å². The normalized spacial score (nSPS) is 21.3. The zero-order valence-corrected chi connectivity index (χ0v) is 7.67. The van der Waals surface area contributed by atoms with Crippen molar-refractivity contribution in [3.63, 3.8) is 0 Å². The van der Waals surface area contributed by atoms with E-state index in [1.807, 2.05) is 12.2 Å². The fraction of sp³-hybridized carbons (Fsp3) is 0.364. The number of methoxy groups -OCH3 is 1. The van der Waals surface area contributed by atoms with Gasteiger partial charge in [-0.25, -0.2) is 0 Å². The Morgan fingerprint density at radius 2 is 2.23 bits per heavy atom. The van der Waals surface area contributed by atoms with E-state index in [2.05, 4.69) is 6.08 Å². The van der Waals surface area contributed by atoms with Gasteiger partial charge in [0, 0.05) is 18.4 Å². The third kappa shape index (κ3) is 1.44. The molecule has 2 heteroatoms. The maximum Gasteiger partial charge on any atom is 0.163 e. The van der Waals surface area contributed by atoms with Gasteiger partial charge in [0.15, 0.2) is 5.78 Å². The number of ether oxygens (including phenoxy) is 1. The van der Waals surface area contributed by atoms with Gasteiger partial charge in [0.25, 0.3) is 0 Å². The van der Waals surface area contributed by atoms with Gasteiger partial charge < -0.3 is 4.74 Å². The average Bonchev–Trinajstić information content (AvgIpc) is 2.32. The lowest BCUT2D eigenvalue weighted by molar-refractivity contribution is -0.116. The van der Waals surface area contributed by atoms with Crippen molar-refractivity contribution in [3.8, 4) is 0 Å². The molecule has 0 spiro atoms. The largest absolute Gasteiger partial charge is 0.496 e. The summed E-state index contributed by atoms with van der Waals surface area (Å²) in [5.74, 6) is 0.969. The van der Waals surface area contributed by atoms with Crippen LogP contribution in [0.1, 0.15) is 19.3 Å². The second-order valence-corrected chi connectivity index (χ2v) is 3.33. The van der Waals surface area contributed by atoms with Crippen LogP contribution in [0.4, 0.5) is 0 Å². The van der Waals surface area contributed by atoms with E-state index in [0.717, 1.165) is 24.2 Å². The molecular formula is C11H12O2. The standard InChI is InChI=1S/C11H12O2/c1-13-11-4-2-3-8-5-6-10(12)9(11)7-8/h2-4H,5-7H2,1H3. The van der Waals surface area contributed by atoms with Crippen LogP contribution >= 0.6 is 0 Å². The van der Waals surface area contributed by atoms with Gasteiger partial charge in [-0.3, -0.25) is 4.79 Å². The summed E-state index contributed by atoms with van der Waals surface area (Å²) in [7, 11) is 1.61. The Bertz CT molecular complexity index is 332. The van der Waals surface area contributed by atoms with Gasteiger partial charge in [0.05, 0.1) is 7.11 Å². The molecule has 2 bridgehead atoms. The summed E-state index contributed by atoms with van der Waals surface area (Å²) in [5.41, 5.74) is 2.17. The lowest BCUT2D eigenvalue weighted by Gasteiger charge is -2.16. The first kappa shape index (κ1) is 8.30. The van der Waals surface area contributed by atoms with E-state index in [4.69, 9.17) is 4.74 Å². The minimum atomic E-state index is 0.237. The molecule has 0 aromatic heterocycles. The highest BCUT2D eigenvalue weighted by molar-refractivity contribution is 5.98. The van der Waals surface area contributed by atoms with Crippen molar-refractivity contribution in [1.82, 2.24) is 0 Å². The van der Waals surface area contributed by atoms with Crippen molar-refractivity contribution in [2.45, 2.75) is 19.3 Å². The quantitative estimate of drug-likeness (QED) is 0.611. The Labute approximate surface area is 77.6 Å². The van der Waals surface area contributed by atoms with E-state index >= 15 is 0 Å². The summed E-state index contributed by atoms with van der Waals surface area (Å²) in [5, 5.41) is 0. The number of allylic oxidation sites excluding steroid dienone is 5. The van der Waals surface area contributed by atoms with E-state index in [1.165, 1.54) is 5.57 Å². The van der Waals surface area contributed by atoms with Crippen LogP contribution < -0.4 is 0 Å². The summed E-state index contributed by atoms with van der Waals surface area (Å²) < 4.78 is 5.17. The fourth-order valence-electron chi connectivity index (χ4n) is 1.77. The first-order valence-corrected chi connectivity index (χ1v) is 4.47. The average molecular weight is 176 g/mol. The first-order chi connectivity index (χ1) is 6.31. The Morgan fingerprint density at radius 3 is 3.00 bits per heavy atom. The van der Waals surface area contributed by atoms with Gasteiger partial charge in [-0.05, 0) is 12.5 Å². The van der Waals surface area contributed by atoms with Crippen molar-refractivity contribution >= 4 is 5.78 Å². The molecule has 0 unspecified atom stereocenters. The second-order valence-electron chi connectivity index (χ2n) is 3.33. The molecule has 0 N–H and O–H groups in total. The third-order valence-corrected chi connectivity index (χ3v) is 2.51. The molecule has 0 saturated heterocycles. The van der Waals surface area contributed by atoms with Crippen molar-refractivity contribution in [2.24, 2.45) is 0 Å². The second kappa shape index (κ2) is 3.21. The van der Waals surface area contributed by atoms with Gasteiger partial charge in [0.2, 0.25) is 0 Å². The maximum atomic E-state index is 11.5. The van der Waals surface area contributed by atoms with Crippen molar-refractivity contribution < 1.29 is 9.53 Å². The van der Waals surface area contributed by atoms with Crippen LogP contribution in [0.2, 0.25) is 0 Å². The van der Waals surface area contributed by atoms with Crippen molar-refractivity contribution in [1.29, 1.82) is 0 Å². The first-order valence-electron chi connectivity index (χ1n) is 4.47. The maximum absolute atomic E-state index is 11.5. The Morgan fingerprint density at radius 1 is 1.38 bits per heavy atom. The zero-order chi connectivity index (χ0) is 9.26. The highest BCUT2D eigenvalue weighted by atomic mass is 16.5. The molecule has 0 amide bonds. The molecule has 2 aliphatic carbocycles. The van der Waals surface area contributed by atoms with Crippen LogP contribution in [0.15, 0.2) is 35.1 Å². The summed E-state index contributed by atoms with van der Waals surface area (Å²) in [6.45, 7) is 0. The van der Waals surface area contributed by atoms with Crippen LogP contribution in [0.5, 0.6) is 0 Å². The minimum Gasteiger partial charge on any atom is -0.496 e. The van der Waals surface area contributed by atoms with Crippen molar-refractivity contribution in [2.75, 3.05) is 7.11 Å². The topological polar surface area (TPSA) is 26.3 Å². The third-order valence-electron chi connectivity index (χ3n) is 2.51. The highest BCUT2D eigenvalue weighted by Crippen LogP contribution is 2.30. The van der Waals surface area contributed by atoms with Crippen LogP contribution in [0, 0.1) is 0 Å². The molecule has 0 aromatic carbocycles. The van der Waals surface area contributed by atoms with Crippen LogP contribution in [-0.2, 0) is 9.53 Å². The molecule has 2 rings (SSSR count). The Kier molecular flexibility index (Phi) is 2.05. The predicted molar refractivity (Wildman–Crippen MR) is 50.1 cm³/mol. The van der Waals surface area contributed by atoms with E-state index in [1.54, 1.807) is 7.11 Å². The lowest BCUT2D eigenvalue weighted by Crippen LogP contribution is -2.12. The minimum absolute atomic E-state index is 0.237. The number of carbonyl (C=O) groups is 1. The Hall–Kier alpha value is -1.31. The molecule has 1 saturated carbocycles. The van der Waals surface area contributed by atoms with Crippen molar-refractivity contribution in [3.05, 3.63) is 35.1 Å². The van der Waals surface area contributed by atoms with Crippen LogP contribution in [-0.4, -0.2) is 12.9 Å². The molecule has 0 radical (unpaired) electrons. The highest BCUT2D eigenvalue weighted by Gasteiger charge is 2.22. The monoisotopic (exact) mass is 176 g/mol.